The van der Waals surface area contributed by atoms with Gasteiger partial charge in [-0.3, -0.25) is 0 Å². The highest BCUT2D eigenvalue weighted by Crippen LogP contribution is 1.79. The monoisotopic (exact) mass is 151 g/mol. The fourth-order valence-corrected chi connectivity index (χ4v) is 0. The van der Waals surface area contributed by atoms with Gasteiger partial charge in [-0.2, -0.15) is 0 Å². The Morgan fingerprint density at radius 3 is 1.80 bits per heavy atom. The van der Waals surface area contributed by atoms with Crippen molar-refractivity contribution in [3.05, 3.63) is 6.92 Å². The average Bonchev–Trinajstić information content (AvgIpc) is 1.37. The first-order valence-electron chi connectivity index (χ1n) is 1.27. The molecule has 0 unspecified atom stereocenters. The third kappa shape index (κ3) is 11.2. The molecule has 0 fully saturated rings. The summed E-state index contributed by atoms with van der Waals surface area (Å²) in [5, 5.41) is 1.02. The Labute approximate surface area is 52.2 Å². The Hall–Kier alpha value is 1.01. The molecule has 0 heterocycles. The summed E-state index contributed by atoms with van der Waals surface area (Å²) in [6.07, 6.45) is 0.986. The second kappa shape index (κ2) is 8.89. The van der Waals surface area contributed by atoms with Gasteiger partial charge in [-0.15, -0.1) is 0 Å². The van der Waals surface area contributed by atoms with Gasteiger partial charge in [0.25, 0.3) is 0 Å². The van der Waals surface area contributed by atoms with Gasteiger partial charge >= 0.3 is 0 Å². The third-order valence-corrected chi connectivity index (χ3v) is 0.694. The molecule has 0 aliphatic rings. The highest BCUT2D eigenvalue weighted by Gasteiger charge is 1.58. The van der Waals surface area contributed by atoms with E-state index in [1.54, 1.807) is 0 Å². The van der Waals surface area contributed by atoms with E-state index in [1.807, 2.05) is 0 Å². The van der Waals surface area contributed by atoms with E-state index in [0.29, 0.717) is 0 Å². The van der Waals surface area contributed by atoms with Crippen LogP contribution in [0.15, 0.2) is 0 Å². The first-order chi connectivity index (χ1) is 1.91. The van der Waals surface area contributed by atoms with Gasteiger partial charge in [0, 0.05) is 5.33 Å². The van der Waals surface area contributed by atoms with Crippen LogP contribution in [0.5, 0.6) is 0 Å². The molecule has 31 valence electrons. The smallest absolute Gasteiger partial charge is 0.0928 e. The lowest BCUT2D eigenvalue weighted by atomic mass is 10.6. The molecule has 0 rings (SSSR count). The van der Waals surface area contributed by atoms with E-state index in [9.17, 15) is 0 Å². The number of halogens is 1. The van der Waals surface area contributed by atoms with E-state index in [2.05, 4.69) is 22.9 Å². The van der Waals surface area contributed by atoms with Gasteiger partial charge in [0.15, 0.2) is 17.4 Å². The summed E-state index contributed by atoms with van der Waals surface area (Å²) in [5.41, 5.74) is 0. The number of rotatable bonds is 1. The molecule has 0 N–H and O–H groups in total. The van der Waals surface area contributed by atoms with Crippen molar-refractivity contribution in [3.63, 3.8) is 0 Å². The number of hydrogen-bond acceptors (Lipinski definition) is 0. The molecule has 0 aromatic rings. The zero-order chi connectivity index (χ0) is 3.41. The molecule has 0 aromatic heterocycles. The summed E-state index contributed by atoms with van der Waals surface area (Å²) >= 11 is 3.19. The van der Waals surface area contributed by atoms with Crippen molar-refractivity contribution in [2.75, 3.05) is 5.33 Å². The van der Waals surface area contributed by atoms with Gasteiger partial charge in [0.05, 0.1) is 0 Å². The van der Waals surface area contributed by atoms with Crippen molar-refractivity contribution < 1.29 is 0 Å². The van der Waals surface area contributed by atoms with Crippen LogP contribution in [-0.2, 0) is 0 Å². The summed E-state index contributed by atoms with van der Waals surface area (Å²) in [6.45, 7) is 3.56. The molecule has 0 amide bonds. The molecule has 0 saturated carbocycles. The zero-order valence-corrected chi connectivity index (χ0v) is 4.09. The second-order valence-corrected chi connectivity index (χ2v) is 1.34. The van der Waals surface area contributed by atoms with Crippen molar-refractivity contribution in [2.24, 2.45) is 0 Å². The molecular weight excluding hydrogens is 143 g/mol. The van der Waals surface area contributed by atoms with E-state index in [-0.39, 0.29) is 17.4 Å². The standard InChI is InChI=1S/C3H6Br.Al.3H/c1-2-3-4;;;;/h1-3H2;;;;. The quantitative estimate of drug-likeness (QED) is 0.377. The molecule has 0 aliphatic carbocycles. The van der Waals surface area contributed by atoms with Crippen molar-refractivity contribution in [1.29, 1.82) is 0 Å². The van der Waals surface area contributed by atoms with Crippen LogP contribution in [0.1, 0.15) is 6.42 Å². The van der Waals surface area contributed by atoms with Gasteiger partial charge < -0.3 is 0 Å². The minimum Gasteiger partial charge on any atom is -0.0928 e. The van der Waals surface area contributed by atoms with Crippen molar-refractivity contribution >= 4 is 33.3 Å². The van der Waals surface area contributed by atoms with Crippen LogP contribution in [0.25, 0.3) is 0 Å². The fraction of sp³-hybridized carbons (Fsp3) is 0.667. The Morgan fingerprint density at radius 1 is 1.60 bits per heavy atom. The van der Waals surface area contributed by atoms with Crippen LogP contribution >= 0.6 is 15.9 Å². The lowest BCUT2D eigenvalue weighted by molar-refractivity contribution is 1.26. The summed E-state index contributed by atoms with van der Waals surface area (Å²) < 4.78 is 0. The van der Waals surface area contributed by atoms with E-state index in [4.69, 9.17) is 0 Å². The Bertz CT molecular complexity index is 8.85. The molecule has 2 heteroatoms. The normalized spacial score (nSPS) is 6.00. The van der Waals surface area contributed by atoms with Gasteiger partial charge in [-0.1, -0.05) is 22.9 Å². The van der Waals surface area contributed by atoms with E-state index >= 15 is 0 Å². The SMILES string of the molecule is [AlH3].[CH2]CCBr. The Morgan fingerprint density at radius 2 is 1.80 bits per heavy atom. The van der Waals surface area contributed by atoms with Crippen molar-refractivity contribution in [2.45, 2.75) is 6.42 Å². The molecule has 0 aromatic carbocycles. The Kier molecular flexibility index (Phi) is 16.7. The predicted molar refractivity (Wildman–Crippen MR) is 33.7 cm³/mol. The maximum Gasteiger partial charge on any atom is 0.187 e. The van der Waals surface area contributed by atoms with E-state index in [1.165, 1.54) is 0 Å². The van der Waals surface area contributed by atoms with E-state index in [0.717, 1.165) is 11.8 Å². The largest absolute Gasteiger partial charge is 0.187 e. The molecule has 0 spiro atoms. The summed E-state index contributed by atoms with van der Waals surface area (Å²) in [4.78, 5) is 0. The van der Waals surface area contributed by atoms with Gasteiger partial charge in [0.2, 0.25) is 0 Å². The highest BCUT2D eigenvalue weighted by atomic mass is 79.9. The third-order valence-electron chi connectivity index (χ3n) is 0.134. The zero-order valence-electron chi connectivity index (χ0n) is 2.50. The molecule has 0 nitrogen and oxygen atoms in total. The topological polar surface area (TPSA) is 0 Å². The second-order valence-electron chi connectivity index (χ2n) is 0.543. The maximum atomic E-state index is 3.56. The molecule has 1 radical (unpaired) electrons. The number of alkyl halides is 1. The van der Waals surface area contributed by atoms with Crippen LogP contribution in [-0.4, -0.2) is 22.7 Å². The van der Waals surface area contributed by atoms with Crippen LogP contribution in [0.2, 0.25) is 0 Å². The fourth-order valence-electron chi connectivity index (χ4n) is 0. The molecular formula is C3H9AlBr. The molecule has 0 atom stereocenters. The van der Waals surface area contributed by atoms with Crippen LogP contribution < -0.4 is 0 Å². The Balaban J connectivity index is 0. The lowest BCUT2D eigenvalue weighted by Crippen LogP contribution is -1.55. The summed E-state index contributed by atoms with van der Waals surface area (Å²) in [6, 6.07) is 0. The van der Waals surface area contributed by atoms with Crippen molar-refractivity contribution in [1.82, 2.24) is 0 Å². The summed E-state index contributed by atoms with van der Waals surface area (Å²) in [5.74, 6) is 0. The minimum atomic E-state index is 0. The van der Waals surface area contributed by atoms with E-state index < -0.39 is 0 Å². The molecule has 0 bridgehead atoms. The predicted octanol–water partition coefficient (Wildman–Crippen LogP) is 0.422. The van der Waals surface area contributed by atoms with Crippen LogP contribution in [0.4, 0.5) is 0 Å². The molecule has 5 heavy (non-hydrogen) atoms. The first kappa shape index (κ1) is 9.38. The van der Waals surface area contributed by atoms with Crippen molar-refractivity contribution in [3.8, 4) is 0 Å². The average molecular weight is 152 g/mol. The van der Waals surface area contributed by atoms with Gasteiger partial charge in [0.1, 0.15) is 0 Å². The van der Waals surface area contributed by atoms with Gasteiger partial charge in [-0.25, -0.2) is 0 Å². The molecule has 0 aliphatic heterocycles. The summed E-state index contributed by atoms with van der Waals surface area (Å²) in [7, 11) is 0. The highest BCUT2D eigenvalue weighted by molar-refractivity contribution is 9.09. The minimum absolute atomic E-state index is 0. The van der Waals surface area contributed by atoms with Crippen LogP contribution in [0, 0.1) is 6.92 Å². The first-order valence-corrected chi connectivity index (χ1v) is 2.39. The molecule has 0 saturated heterocycles. The number of hydrogen-bond donors (Lipinski definition) is 0. The maximum absolute atomic E-state index is 3.56. The van der Waals surface area contributed by atoms with Crippen LogP contribution in [0.3, 0.4) is 0 Å². The van der Waals surface area contributed by atoms with Gasteiger partial charge in [-0.05, 0) is 6.42 Å². The lowest BCUT2D eigenvalue weighted by Gasteiger charge is -1.65.